The first-order valence-electron chi connectivity index (χ1n) is 12.0. The van der Waals surface area contributed by atoms with Gasteiger partial charge in [0.1, 0.15) is 18.1 Å². The first-order valence-corrected chi connectivity index (χ1v) is 12.7. The van der Waals surface area contributed by atoms with Crippen LogP contribution in [0.15, 0.2) is 48.8 Å². The summed E-state index contributed by atoms with van der Waals surface area (Å²) in [6.07, 6.45) is 4.74. The van der Waals surface area contributed by atoms with E-state index in [1.54, 1.807) is 18.2 Å². The summed E-state index contributed by atoms with van der Waals surface area (Å²) >= 11 is 12.4. The van der Waals surface area contributed by atoms with Gasteiger partial charge < -0.3 is 24.8 Å². The summed E-state index contributed by atoms with van der Waals surface area (Å²) < 4.78 is 18.5. The average molecular weight is 527 g/mol. The first kappa shape index (κ1) is 24.8. The molecular formula is C27H28Cl2N4O3. The molecule has 0 radical (unpaired) electrons. The Hall–Kier alpha value is -2.84. The largest absolute Gasteiger partial charge is 0.489 e. The smallest absolute Gasteiger partial charge is 0.213 e. The van der Waals surface area contributed by atoms with E-state index in [0.29, 0.717) is 39.2 Å². The van der Waals surface area contributed by atoms with Gasteiger partial charge in [-0.3, -0.25) is 10.4 Å². The monoisotopic (exact) mass is 526 g/mol. The van der Waals surface area contributed by atoms with Gasteiger partial charge in [-0.25, -0.2) is 0 Å². The Morgan fingerprint density at radius 2 is 1.89 bits per heavy atom. The van der Waals surface area contributed by atoms with Crippen molar-refractivity contribution in [1.82, 2.24) is 9.88 Å². The fraction of sp³-hybridized carbons (Fsp3) is 0.333. The number of nitrogens with one attached hydrogen (secondary N) is 1. The highest BCUT2D eigenvalue weighted by Crippen LogP contribution is 2.38. The Kier molecular flexibility index (Phi) is 7.08. The molecule has 0 bridgehead atoms. The molecule has 2 aliphatic rings. The van der Waals surface area contributed by atoms with Crippen LogP contribution >= 0.6 is 23.2 Å². The van der Waals surface area contributed by atoms with E-state index in [1.807, 2.05) is 18.2 Å². The Bertz CT molecular complexity index is 1270. The number of likely N-dealkylation sites (tertiary alicyclic amines) is 1. The van der Waals surface area contributed by atoms with Crippen molar-refractivity contribution in [2.75, 3.05) is 25.4 Å². The van der Waals surface area contributed by atoms with Crippen molar-refractivity contribution in [3.63, 3.8) is 0 Å². The SMILES string of the molecule is CCN1CCC2(CC1)OCc1cc(C(=N)c3cc(OCc4c(Cl)cncc4Cl)ccc3N)ccc1O2. The van der Waals surface area contributed by atoms with E-state index < -0.39 is 5.79 Å². The van der Waals surface area contributed by atoms with Gasteiger partial charge in [0.05, 0.1) is 22.4 Å². The van der Waals surface area contributed by atoms with Crippen molar-refractivity contribution in [3.05, 3.63) is 81.1 Å². The maximum absolute atomic E-state index is 8.85. The molecule has 188 valence electrons. The first-order chi connectivity index (χ1) is 17.4. The molecular weight excluding hydrogens is 499 g/mol. The molecule has 2 aromatic carbocycles. The second-order valence-corrected chi connectivity index (χ2v) is 9.87. The van der Waals surface area contributed by atoms with Crippen LogP contribution in [-0.4, -0.2) is 41.0 Å². The fourth-order valence-electron chi connectivity index (χ4n) is 4.57. The van der Waals surface area contributed by atoms with Crippen molar-refractivity contribution in [2.24, 2.45) is 0 Å². The van der Waals surface area contributed by atoms with Gasteiger partial charge in [-0.15, -0.1) is 0 Å². The lowest BCUT2D eigenvalue weighted by atomic mass is 9.97. The second kappa shape index (κ2) is 10.3. The third-order valence-corrected chi connectivity index (χ3v) is 7.48. The van der Waals surface area contributed by atoms with Crippen LogP contribution < -0.4 is 15.2 Å². The molecule has 0 saturated carbocycles. The van der Waals surface area contributed by atoms with Gasteiger partial charge in [-0.1, -0.05) is 30.1 Å². The van der Waals surface area contributed by atoms with Crippen molar-refractivity contribution in [3.8, 4) is 11.5 Å². The highest BCUT2D eigenvalue weighted by Gasteiger charge is 2.40. The second-order valence-electron chi connectivity index (χ2n) is 9.05. The summed E-state index contributed by atoms with van der Waals surface area (Å²) in [5.74, 6) is 0.821. The van der Waals surface area contributed by atoms with Crippen LogP contribution in [0.2, 0.25) is 10.0 Å². The van der Waals surface area contributed by atoms with E-state index >= 15 is 0 Å². The molecule has 0 amide bonds. The molecule has 3 heterocycles. The number of ether oxygens (including phenoxy) is 3. The predicted molar refractivity (Wildman–Crippen MR) is 141 cm³/mol. The number of benzene rings is 2. The normalized spacial score (nSPS) is 16.9. The number of nitrogen functional groups attached to an aromatic ring is 1. The summed E-state index contributed by atoms with van der Waals surface area (Å²) in [7, 11) is 0. The molecule has 9 heteroatoms. The van der Waals surface area contributed by atoms with Crippen LogP contribution in [0.4, 0.5) is 5.69 Å². The third kappa shape index (κ3) is 5.02. The zero-order chi connectivity index (χ0) is 25.3. The molecule has 1 fully saturated rings. The van der Waals surface area contributed by atoms with Gasteiger partial charge in [-0.2, -0.15) is 0 Å². The number of hydrogen-bond donors (Lipinski definition) is 2. The van der Waals surface area contributed by atoms with Gasteiger partial charge in [0.25, 0.3) is 0 Å². The molecule has 1 saturated heterocycles. The lowest BCUT2D eigenvalue weighted by molar-refractivity contribution is -0.227. The van der Waals surface area contributed by atoms with Gasteiger partial charge in [-0.05, 0) is 42.9 Å². The minimum atomic E-state index is -0.551. The van der Waals surface area contributed by atoms with E-state index in [0.717, 1.165) is 49.4 Å². The van der Waals surface area contributed by atoms with Crippen molar-refractivity contribution in [2.45, 2.75) is 38.8 Å². The molecule has 1 aromatic heterocycles. The number of fused-ring (bicyclic) bond motifs is 1. The number of hydrogen-bond acceptors (Lipinski definition) is 7. The lowest BCUT2D eigenvalue weighted by Crippen LogP contribution is -2.51. The number of halogens is 2. The lowest BCUT2D eigenvalue weighted by Gasteiger charge is -2.43. The highest BCUT2D eigenvalue weighted by molar-refractivity contribution is 6.35. The average Bonchev–Trinajstić information content (AvgIpc) is 2.89. The van der Waals surface area contributed by atoms with Crippen molar-refractivity contribution in [1.29, 1.82) is 5.41 Å². The third-order valence-electron chi connectivity index (χ3n) is 6.83. The minimum absolute atomic E-state index is 0.169. The van der Waals surface area contributed by atoms with Crippen LogP contribution in [-0.2, 0) is 18.0 Å². The van der Waals surface area contributed by atoms with E-state index in [1.165, 1.54) is 12.4 Å². The summed E-state index contributed by atoms with van der Waals surface area (Å²) in [5, 5.41) is 9.71. The van der Waals surface area contributed by atoms with Gasteiger partial charge in [0, 0.05) is 66.3 Å². The van der Waals surface area contributed by atoms with Crippen LogP contribution in [0, 0.1) is 5.41 Å². The Labute approximate surface area is 220 Å². The number of pyridine rings is 1. The Morgan fingerprint density at radius 1 is 1.14 bits per heavy atom. The van der Waals surface area contributed by atoms with E-state index in [9.17, 15) is 0 Å². The van der Waals surface area contributed by atoms with Gasteiger partial charge in [0.15, 0.2) is 0 Å². The number of rotatable bonds is 6. The molecule has 36 heavy (non-hydrogen) atoms. The molecule has 3 N–H and O–H groups in total. The maximum Gasteiger partial charge on any atom is 0.213 e. The van der Waals surface area contributed by atoms with Crippen LogP contribution in [0.25, 0.3) is 0 Å². The van der Waals surface area contributed by atoms with Crippen LogP contribution in [0.3, 0.4) is 0 Å². The van der Waals surface area contributed by atoms with Crippen LogP contribution in [0.5, 0.6) is 11.5 Å². The highest BCUT2D eigenvalue weighted by atomic mass is 35.5. The zero-order valence-electron chi connectivity index (χ0n) is 20.0. The van der Waals surface area contributed by atoms with Gasteiger partial charge >= 0.3 is 0 Å². The standard InChI is InChI=1S/C27H28Cl2N4O3/c1-2-33-9-7-27(8-10-33)35-15-18-11-17(3-6-25(18)36-27)26(31)20-12-19(4-5-24(20)30)34-16-21-22(28)13-32-14-23(21)29/h3-6,11-14,31H,2,7-10,15-16,30H2,1H3. The molecule has 1 spiro atoms. The molecule has 5 rings (SSSR count). The Morgan fingerprint density at radius 3 is 2.61 bits per heavy atom. The minimum Gasteiger partial charge on any atom is -0.489 e. The quantitative estimate of drug-likeness (QED) is 0.316. The summed E-state index contributed by atoms with van der Waals surface area (Å²) in [6, 6.07) is 11.0. The fourth-order valence-corrected chi connectivity index (χ4v) is 5.05. The topological polar surface area (TPSA) is 93.7 Å². The van der Waals surface area contributed by atoms with E-state index in [4.69, 9.17) is 48.6 Å². The molecule has 2 aliphatic heterocycles. The Balaban J connectivity index is 1.32. The predicted octanol–water partition coefficient (Wildman–Crippen LogP) is 5.69. The number of piperidine rings is 1. The molecule has 7 nitrogen and oxygen atoms in total. The van der Waals surface area contributed by atoms with Crippen LogP contribution in [0.1, 0.15) is 42.0 Å². The molecule has 0 unspecified atom stereocenters. The molecule has 0 atom stereocenters. The number of nitrogens with zero attached hydrogens (tertiary/aromatic N) is 2. The summed E-state index contributed by atoms with van der Waals surface area (Å²) in [4.78, 5) is 6.36. The van der Waals surface area contributed by atoms with Crippen molar-refractivity contribution >= 4 is 34.6 Å². The number of aromatic nitrogens is 1. The molecule has 0 aliphatic carbocycles. The maximum atomic E-state index is 8.85. The number of anilines is 1. The summed E-state index contributed by atoms with van der Waals surface area (Å²) in [5.41, 5.74) is 9.88. The number of nitrogens with two attached hydrogens (primary N) is 1. The zero-order valence-corrected chi connectivity index (χ0v) is 21.5. The van der Waals surface area contributed by atoms with E-state index in [2.05, 4.69) is 16.8 Å². The molecule has 3 aromatic rings. The summed E-state index contributed by atoms with van der Waals surface area (Å²) in [6.45, 7) is 5.76. The van der Waals surface area contributed by atoms with Gasteiger partial charge in [0.2, 0.25) is 5.79 Å². The van der Waals surface area contributed by atoms with Crippen molar-refractivity contribution < 1.29 is 14.2 Å². The van der Waals surface area contributed by atoms with E-state index in [-0.39, 0.29) is 12.3 Å².